The first-order chi connectivity index (χ1) is 8.22. The molecule has 0 fully saturated rings. The molecule has 2 N–H and O–H groups in total. The molecule has 0 aromatic heterocycles. The van der Waals surface area contributed by atoms with Gasteiger partial charge in [0.25, 0.3) is 0 Å². The molecule has 1 atom stereocenters. The third-order valence-electron chi connectivity index (χ3n) is 3.29. The van der Waals surface area contributed by atoms with Gasteiger partial charge in [-0.05, 0) is 42.7 Å². The summed E-state index contributed by atoms with van der Waals surface area (Å²) in [6, 6.07) is 14.4. The van der Waals surface area contributed by atoms with Crippen LogP contribution in [-0.2, 0) is 6.42 Å². The summed E-state index contributed by atoms with van der Waals surface area (Å²) in [5, 5.41) is 13.0. The van der Waals surface area contributed by atoms with Gasteiger partial charge in [-0.2, -0.15) is 0 Å². The molecule has 1 aliphatic rings. The molecule has 2 aromatic rings. The molecule has 0 amide bonds. The van der Waals surface area contributed by atoms with Crippen LogP contribution < -0.4 is 5.32 Å². The van der Waals surface area contributed by atoms with Crippen LogP contribution in [0.2, 0.25) is 0 Å². The van der Waals surface area contributed by atoms with E-state index < -0.39 is 0 Å². The van der Waals surface area contributed by atoms with Crippen molar-refractivity contribution >= 4 is 5.69 Å². The molecule has 1 aliphatic heterocycles. The molecule has 1 heterocycles. The first-order valence-electron chi connectivity index (χ1n) is 5.87. The van der Waals surface area contributed by atoms with Crippen molar-refractivity contribution in [3.63, 3.8) is 0 Å². The van der Waals surface area contributed by atoms with Gasteiger partial charge in [-0.1, -0.05) is 29.8 Å². The van der Waals surface area contributed by atoms with Gasteiger partial charge in [-0.25, -0.2) is 0 Å². The van der Waals surface area contributed by atoms with Gasteiger partial charge in [0.05, 0.1) is 6.04 Å². The van der Waals surface area contributed by atoms with E-state index in [1.54, 1.807) is 6.07 Å². The third kappa shape index (κ3) is 1.86. The number of rotatable bonds is 1. The van der Waals surface area contributed by atoms with Gasteiger partial charge < -0.3 is 10.4 Å². The number of aromatic hydroxyl groups is 1. The number of nitrogens with one attached hydrogen (secondary N) is 1. The quantitative estimate of drug-likeness (QED) is 0.729. The maximum Gasteiger partial charge on any atom is 0.116 e. The summed E-state index contributed by atoms with van der Waals surface area (Å²) in [5.74, 6) is 0.343. The predicted molar refractivity (Wildman–Crippen MR) is 69.4 cm³/mol. The fraction of sp³-hybridized carbons (Fsp3) is 0.200. The molecule has 0 aliphatic carbocycles. The Bertz CT molecular complexity index is 563. The van der Waals surface area contributed by atoms with E-state index in [-0.39, 0.29) is 0 Å². The topological polar surface area (TPSA) is 32.3 Å². The average molecular weight is 225 g/mol. The van der Waals surface area contributed by atoms with Gasteiger partial charge in [0.15, 0.2) is 0 Å². The molecule has 2 heteroatoms. The molecule has 0 radical (unpaired) electrons. The van der Waals surface area contributed by atoms with Gasteiger partial charge in [-0.15, -0.1) is 0 Å². The van der Waals surface area contributed by atoms with Crippen LogP contribution in [0.15, 0.2) is 42.5 Å². The molecule has 17 heavy (non-hydrogen) atoms. The number of anilines is 1. The zero-order valence-electron chi connectivity index (χ0n) is 9.77. The van der Waals surface area contributed by atoms with Gasteiger partial charge in [0.1, 0.15) is 5.75 Å². The Kier molecular flexibility index (Phi) is 2.29. The van der Waals surface area contributed by atoms with Crippen LogP contribution in [0.5, 0.6) is 5.75 Å². The van der Waals surface area contributed by atoms with E-state index in [0.29, 0.717) is 11.8 Å². The zero-order chi connectivity index (χ0) is 11.8. The highest BCUT2D eigenvalue weighted by atomic mass is 16.3. The Morgan fingerprint density at radius 3 is 2.88 bits per heavy atom. The minimum atomic E-state index is 0.326. The largest absolute Gasteiger partial charge is 0.508 e. The summed E-state index contributed by atoms with van der Waals surface area (Å²) in [6.07, 6.45) is 0.938. The van der Waals surface area contributed by atoms with E-state index >= 15 is 0 Å². The second kappa shape index (κ2) is 3.81. The summed E-state index contributed by atoms with van der Waals surface area (Å²) in [5.41, 5.74) is 4.91. The summed E-state index contributed by atoms with van der Waals surface area (Å²) >= 11 is 0. The minimum absolute atomic E-state index is 0.326. The number of phenols is 1. The number of phenolic OH excluding ortho intramolecular Hbond substituents is 1. The lowest BCUT2D eigenvalue weighted by Gasteiger charge is -2.12. The molecule has 0 bridgehead atoms. The van der Waals surface area contributed by atoms with Gasteiger partial charge in [0, 0.05) is 5.69 Å². The summed E-state index contributed by atoms with van der Waals surface area (Å²) in [6.45, 7) is 2.11. The maximum absolute atomic E-state index is 9.47. The molecule has 86 valence electrons. The lowest BCUT2D eigenvalue weighted by atomic mass is 10.0. The Morgan fingerprint density at radius 2 is 2.06 bits per heavy atom. The number of benzene rings is 2. The second-order valence-corrected chi connectivity index (χ2v) is 4.66. The molecular formula is C15H15NO. The van der Waals surface area contributed by atoms with Crippen LogP contribution in [0.25, 0.3) is 0 Å². The Labute approximate surface area is 101 Å². The van der Waals surface area contributed by atoms with Crippen molar-refractivity contribution < 1.29 is 5.11 Å². The van der Waals surface area contributed by atoms with E-state index in [1.165, 1.54) is 16.7 Å². The van der Waals surface area contributed by atoms with Crippen molar-refractivity contribution in [2.24, 2.45) is 0 Å². The van der Waals surface area contributed by atoms with E-state index in [0.717, 1.165) is 12.1 Å². The monoisotopic (exact) mass is 225 g/mol. The van der Waals surface area contributed by atoms with Crippen molar-refractivity contribution in [1.29, 1.82) is 0 Å². The highest BCUT2D eigenvalue weighted by Crippen LogP contribution is 2.35. The smallest absolute Gasteiger partial charge is 0.116 e. The fourth-order valence-electron chi connectivity index (χ4n) is 2.44. The third-order valence-corrected chi connectivity index (χ3v) is 3.29. The molecule has 2 aromatic carbocycles. The lowest BCUT2D eigenvalue weighted by molar-refractivity contribution is 0.475. The Morgan fingerprint density at radius 1 is 1.18 bits per heavy atom. The number of hydrogen-bond donors (Lipinski definition) is 2. The first kappa shape index (κ1) is 10.2. The van der Waals surface area contributed by atoms with Crippen LogP contribution in [0, 0.1) is 6.92 Å². The van der Waals surface area contributed by atoms with Crippen molar-refractivity contribution in [2.45, 2.75) is 19.4 Å². The maximum atomic E-state index is 9.47. The highest BCUT2D eigenvalue weighted by Gasteiger charge is 2.21. The number of aryl methyl sites for hydroxylation is 1. The van der Waals surface area contributed by atoms with E-state index in [2.05, 4.69) is 36.5 Å². The van der Waals surface area contributed by atoms with Gasteiger partial charge in [-0.3, -0.25) is 0 Å². The van der Waals surface area contributed by atoms with Crippen molar-refractivity contribution in [3.8, 4) is 5.75 Å². The summed E-state index contributed by atoms with van der Waals surface area (Å²) < 4.78 is 0. The summed E-state index contributed by atoms with van der Waals surface area (Å²) in [7, 11) is 0. The van der Waals surface area contributed by atoms with Gasteiger partial charge >= 0.3 is 0 Å². The normalized spacial score (nSPS) is 17.6. The highest BCUT2D eigenvalue weighted by molar-refractivity contribution is 5.60. The van der Waals surface area contributed by atoms with Crippen LogP contribution >= 0.6 is 0 Å². The Hall–Kier alpha value is -1.96. The molecular weight excluding hydrogens is 210 g/mol. The van der Waals surface area contributed by atoms with Crippen molar-refractivity contribution in [3.05, 3.63) is 59.2 Å². The van der Waals surface area contributed by atoms with Crippen molar-refractivity contribution in [1.82, 2.24) is 0 Å². The molecule has 0 saturated heterocycles. The second-order valence-electron chi connectivity index (χ2n) is 4.66. The minimum Gasteiger partial charge on any atom is -0.508 e. The Balaban J connectivity index is 1.91. The van der Waals surface area contributed by atoms with E-state index in [9.17, 15) is 5.11 Å². The van der Waals surface area contributed by atoms with Crippen LogP contribution in [0.1, 0.15) is 22.7 Å². The molecule has 1 unspecified atom stereocenters. The van der Waals surface area contributed by atoms with Crippen molar-refractivity contribution in [2.75, 3.05) is 5.32 Å². The first-order valence-corrected chi connectivity index (χ1v) is 5.87. The van der Waals surface area contributed by atoms with Crippen LogP contribution in [-0.4, -0.2) is 5.11 Å². The summed E-state index contributed by atoms with van der Waals surface area (Å²) in [4.78, 5) is 0. The zero-order valence-corrected chi connectivity index (χ0v) is 9.77. The molecule has 2 nitrogen and oxygen atoms in total. The number of fused-ring (bicyclic) bond motifs is 1. The fourth-order valence-corrected chi connectivity index (χ4v) is 2.44. The lowest BCUT2D eigenvalue weighted by Crippen LogP contribution is -2.05. The average Bonchev–Trinajstić information content (AvgIpc) is 2.72. The molecule has 3 rings (SSSR count). The predicted octanol–water partition coefficient (Wildman–Crippen LogP) is 3.41. The van der Waals surface area contributed by atoms with E-state index in [1.807, 2.05) is 12.1 Å². The molecule has 0 saturated carbocycles. The SMILES string of the molecule is Cc1cccc(C2Cc3cc(O)ccc3N2)c1. The number of hydrogen-bond acceptors (Lipinski definition) is 2. The van der Waals surface area contributed by atoms with Crippen LogP contribution in [0.3, 0.4) is 0 Å². The van der Waals surface area contributed by atoms with Gasteiger partial charge in [0.2, 0.25) is 0 Å². The van der Waals surface area contributed by atoms with E-state index in [4.69, 9.17) is 0 Å². The standard InChI is InChI=1S/C15H15NO/c1-10-3-2-4-11(7-10)15-9-12-8-13(17)5-6-14(12)16-15/h2-8,15-17H,9H2,1H3. The molecule has 0 spiro atoms. The van der Waals surface area contributed by atoms with Crippen LogP contribution in [0.4, 0.5) is 5.69 Å².